The molecule has 1 aliphatic rings. The van der Waals surface area contributed by atoms with Gasteiger partial charge in [0.15, 0.2) is 0 Å². The molecule has 1 heterocycles. The topological polar surface area (TPSA) is 38.3 Å². The van der Waals surface area contributed by atoms with E-state index in [4.69, 9.17) is 4.74 Å². The van der Waals surface area contributed by atoms with Crippen LogP contribution < -0.4 is 5.32 Å². The number of esters is 1. The minimum Gasteiger partial charge on any atom is -0.463 e. The van der Waals surface area contributed by atoms with E-state index in [1.165, 1.54) is 24.8 Å². The lowest BCUT2D eigenvalue weighted by atomic mass is 9.98. The van der Waals surface area contributed by atoms with Crippen LogP contribution in [0.2, 0.25) is 0 Å². The molecule has 21 heavy (non-hydrogen) atoms. The van der Waals surface area contributed by atoms with Gasteiger partial charge < -0.3 is 10.1 Å². The smallest absolute Gasteiger partial charge is 0.306 e. The van der Waals surface area contributed by atoms with Gasteiger partial charge in [-0.05, 0) is 31.4 Å². The van der Waals surface area contributed by atoms with E-state index in [2.05, 4.69) is 24.4 Å². The molecule has 0 radical (unpaired) electrons. The average molecular weight is 289 g/mol. The summed E-state index contributed by atoms with van der Waals surface area (Å²) in [5, 5.41) is 3.35. The van der Waals surface area contributed by atoms with Crippen molar-refractivity contribution in [2.75, 3.05) is 11.9 Å². The first-order valence-corrected chi connectivity index (χ1v) is 8.23. The number of hydrogen-bond acceptors (Lipinski definition) is 3. The predicted molar refractivity (Wildman–Crippen MR) is 86.6 cm³/mol. The fourth-order valence-corrected chi connectivity index (χ4v) is 2.93. The zero-order chi connectivity index (χ0) is 15.1. The van der Waals surface area contributed by atoms with E-state index in [1.807, 2.05) is 19.1 Å². The van der Waals surface area contributed by atoms with Gasteiger partial charge in [-0.25, -0.2) is 0 Å². The van der Waals surface area contributed by atoms with Crippen LogP contribution >= 0.6 is 0 Å². The van der Waals surface area contributed by atoms with Gasteiger partial charge >= 0.3 is 5.97 Å². The van der Waals surface area contributed by atoms with Gasteiger partial charge in [0.05, 0.1) is 12.5 Å². The lowest BCUT2D eigenvalue weighted by molar-refractivity contribution is -0.148. The maximum atomic E-state index is 12.1. The molecule has 0 bridgehead atoms. The molecule has 2 rings (SSSR count). The molecule has 116 valence electrons. The van der Waals surface area contributed by atoms with Crippen molar-refractivity contribution in [3.8, 4) is 0 Å². The highest BCUT2D eigenvalue weighted by atomic mass is 16.5. The Morgan fingerprint density at radius 3 is 2.95 bits per heavy atom. The monoisotopic (exact) mass is 289 g/mol. The van der Waals surface area contributed by atoms with Gasteiger partial charge in [-0.1, -0.05) is 44.4 Å². The summed E-state index contributed by atoms with van der Waals surface area (Å²) in [5.74, 6) is 0.183. The summed E-state index contributed by atoms with van der Waals surface area (Å²) in [5.41, 5.74) is 2.40. The molecule has 3 heteroatoms. The molecule has 0 saturated carbocycles. The van der Waals surface area contributed by atoms with E-state index in [0.29, 0.717) is 6.42 Å². The van der Waals surface area contributed by atoms with Gasteiger partial charge in [-0.3, -0.25) is 4.79 Å². The highest BCUT2D eigenvalue weighted by Gasteiger charge is 2.25. The Morgan fingerprint density at radius 1 is 1.33 bits per heavy atom. The van der Waals surface area contributed by atoms with Crippen molar-refractivity contribution >= 4 is 11.7 Å². The molecule has 0 aromatic heterocycles. The summed E-state index contributed by atoms with van der Waals surface area (Å²) in [6, 6.07) is 8.21. The van der Waals surface area contributed by atoms with Crippen LogP contribution in [0.15, 0.2) is 24.3 Å². The molecular formula is C18H27NO2. The maximum Gasteiger partial charge on any atom is 0.306 e. The highest BCUT2D eigenvalue weighted by molar-refractivity contribution is 5.72. The molecule has 2 atom stereocenters. The number of para-hydroxylation sites is 1. The van der Waals surface area contributed by atoms with Crippen LogP contribution in [0.4, 0.5) is 5.69 Å². The predicted octanol–water partition coefficient (Wildman–Crippen LogP) is 4.49. The van der Waals surface area contributed by atoms with Crippen molar-refractivity contribution in [2.45, 2.75) is 64.4 Å². The lowest BCUT2D eigenvalue weighted by Crippen LogP contribution is -2.18. The molecule has 0 fully saturated rings. The Hall–Kier alpha value is -1.51. The van der Waals surface area contributed by atoms with Crippen molar-refractivity contribution in [3.63, 3.8) is 0 Å². The number of carbonyl (C=O) groups excluding carboxylic acids is 1. The Kier molecular flexibility index (Phi) is 6.09. The second kappa shape index (κ2) is 8.06. The Bertz CT molecular complexity index is 458. The van der Waals surface area contributed by atoms with Crippen molar-refractivity contribution in [3.05, 3.63) is 29.8 Å². The van der Waals surface area contributed by atoms with E-state index in [0.717, 1.165) is 25.1 Å². The number of rotatable bonds is 8. The molecule has 0 spiro atoms. The van der Waals surface area contributed by atoms with E-state index >= 15 is 0 Å². The first-order chi connectivity index (χ1) is 10.2. The molecule has 0 aliphatic carbocycles. The zero-order valence-electron chi connectivity index (χ0n) is 13.2. The number of anilines is 1. The van der Waals surface area contributed by atoms with Crippen LogP contribution in [-0.2, 0) is 9.53 Å². The van der Waals surface area contributed by atoms with Crippen molar-refractivity contribution in [1.82, 2.24) is 0 Å². The van der Waals surface area contributed by atoms with Crippen LogP contribution in [-0.4, -0.2) is 18.6 Å². The minimum absolute atomic E-state index is 0.0407. The average Bonchev–Trinajstić information content (AvgIpc) is 2.87. The quantitative estimate of drug-likeness (QED) is 0.566. The summed E-state index contributed by atoms with van der Waals surface area (Å²) >= 11 is 0. The van der Waals surface area contributed by atoms with Crippen molar-refractivity contribution in [1.29, 1.82) is 0 Å². The van der Waals surface area contributed by atoms with E-state index in [-0.39, 0.29) is 18.0 Å². The standard InChI is InChI=1S/C18H27NO2/c1-3-4-5-6-9-14(2)21-18(20)12-15-13-19-17-11-8-7-10-16(15)17/h7-8,10-11,14-15,19H,3-6,9,12-13H2,1-2H3. The van der Waals surface area contributed by atoms with E-state index in [1.54, 1.807) is 0 Å². The van der Waals surface area contributed by atoms with Gasteiger partial charge in [0.1, 0.15) is 0 Å². The Morgan fingerprint density at radius 2 is 2.14 bits per heavy atom. The number of benzene rings is 1. The summed E-state index contributed by atoms with van der Waals surface area (Å²) in [4.78, 5) is 12.1. The van der Waals surface area contributed by atoms with Crippen LogP contribution in [0.1, 0.15) is 63.9 Å². The highest BCUT2D eigenvalue weighted by Crippen LogP contribution is 2.33. The van der Waals surface area contributed by atoms with Crippen LogP contribution in [0.5, 0.6) is 0 Å². The molecule has 3 nitrogen and oxygen atoms in total. The number of carbonyl (C=O) groups is 1. The lowest BCUT2D eigenvalue weighted by Gasteiger charge is -2.15. The third-order valence-electron chi connectivity index (χ3n) is 4.15. The molecule has 1 aliphatic heterocycles. The second-order valence-electron chi connectivity index (χ2n) is 6.02. The first-order valence-electron chi connectivity index (χ1n) is 8.23. The summed E-state index contributed by atoms with van der Waals surface area (Å²) < 4.78 is 5.54. The number of fused-ring (bicyclic) bond motifs is 1. The summed E-state index contributed by atoms with van der Waals surface area (Å²) in [6.45, 7) is 5.04. The number of hydrogen-bond donors (Lipinski definition) is 1. The Balaban J connectivity index is 1.73. The molecular weight excluding hydrogens is 262 g/mol. The van der Waals surface area contributed by atoms with Crippen molar-refractivity contribution in [2.24, 2.45) is 0 Å². The van der Waals surface area contributed by atoms with Gasteiger partial charge in [-0.2, -0.15) is 0 Å². The maximum absolute atomic E-state index is 12.1. The Labute approximate surface area is 128 Å². The molecule has 2 unspecified atom stereocenters. The van der Waals surface area contributed by atoms with Crippen LogP contribution in [0.3, 0.4) is 0 Å². The van der Waals surface area contributed by atoms with Crippen LogP contribution in [0.25, 0.3) is 0 Å². The minimum atomic E-state index is -0.0681. The first kappa shape index (κ1) is 15.9. The fraction of sp³-hybridized carbons (Fsp3) is 0.611. The fourth-order valence-electron chi connectivity index (χ4n) is 2.93. The van der Waals surface area contributed by atoms with Gasteiger partial charge in [0, 0.05) is 18.2 Å². The second-order valence-corrected chi connectivity index (χ2v) is 6.02. The number of nitrogens with one attached hydrogen (secondary N) is 1. The molecule has 1 aromatic rings. The van der Waals surface area contributed by atoms with Gasteiger partial charge in [0.2, 0.25) is 0 Å². The number of ether oxygens (including phenoxy) is 1. The summed E-state index contributed by atoms with van der Waals surface area (Å²) in [6.07, 6.45) is 6.38. The van der Waals surface area contributed by atoms with E-state index < -0.39 is 0 Å². The molecule has 0 saturated heterocycles. The molecule has 1 aromatic carbocycles. The van der Waals surface area contributed by atoms with Crippen molar-refractivity contribution < 1.29 is 9.53 Å². The van der Waals surface area contributed by atoms with Gasteiger partial charge in [-0.15, -0.1) is 0 Å². The van der Waals surface area contributed by atoms with Gasteiger partial charge in [0.25, 0.3) is 0 Å². The zero-order valence-corrected chi connectivity index (χ0v) is 13.2. The van der Waals surface area contributed by atoms with Crippen LogP contribution in [0, 0.1) is 0 Å². The largest absolute Gasteiger partial charge is 0.463 e. The number of unbranched alkanes of at least 4 members (excludes halogenated alkanes) is 3. The SMILES string of the molecule is CCCCCCC(C)OC(=O)CC1CNc2ccccc21. The molecule has 0 amide bonds. The summed E-state index contributed by atoms with van der Waals surface area (Å²) in [7, 11) is 0. The molecule has 1 N–H and O–H groups in total. The normalized spacial score (nSPS) is 17.9. The third kappa shape index (κ3) is 4.76. The van der Waals surface area contributed by atoms with E-state index in [9.17, 15) is 4.79 Å². The third-order valence-corrected chi connectivity index (χ3v) is 4.15.